The van der Waals surface area contributed by atoms with E-state index in [1.165, 1.54) is 6.92 Å². The molecule has 18 heteroatoms. The number of benzene rings is 3. The Morgan fingerprint density at radius 1 is 0.983 bits per heavy atom. The van der Waals surface area contributed by atoms with E-state index in [0.717, 1.165) is 5.56 Å². The highest BCUT2D eigenvalue weighted by atomic mass is 31.2. The highest BCUT2D eigenvalue weighted by molar-refractivity contribution is 7.44. The highest BCUT2D eigenvalue weighted by Crippen LogP contribution is 2.50. The lowest BCUT2D eigenvalue weighted by atomic mass is 10.1. The van der Waals surface area contributed by atoms with E-state index in [9.17, 15) is 9.59 Å². The summed E-state index contributed by atoms with van der Waals surface area (Å²) in [5, 5.41) is 17.5. The number of hydrogen-bond donors (Lipinski definition) is 3. The molecule has 6 aromatic rings. The van der Waals surface area contributed by atoms with E-state index >= 15 is 0 Å². The van der Waals surface area contributed by atoms with E-state index in [4.69, 9.17) is 36.1 Å². The second-order valence-electron chi connectivity index (χ2n) is 14.4. The number of fused-ring (bicyclic) bond motifs is 1. The van der Waals surface area contributed by atoms with Crippen molar-refractivity contribution in [1.82, 2.24) is 34.4 Å². The van der Waals surface area contributed by atoms with Gasteiger partial charge >= 0.3 is 0 Å². The average Bonchev–Trinajstić information content (AvgIpc) is 4.01. The predicted octanol–water partition coefficient (Wildman–Crippen LogP) is 8.47. The predicted molar refractivity (Wildman–Crippen MR) is 228 cm³/mol. The van der Waals surface area contributed by atoms with E-state index in [2.05, 4.69) is 68.3 Å². The van der Waals surface area contributed by atoms with Crippen molar-refractivity contribution in [2.24, 2.45) is 0 Å². The lowest BCUT2D eigenvalue weighted by molar-refractivity contribution is -0.114. The van der Waals surface area contributed by atoms with Gasteiger partial charge in [-0.2, -0.15) is 9.97 Å². The lowest BCUT2D eigenvalue weighted by Gasteiger charge is -2.36. The first kappa shape index (κ1) is 40.6. The Morgan fingerprint density at radius 2 is 1.70 bits per heavy atom. The molecule has 7 rings (SSSR count). The fraction of sp³-hybridized carbons (Fsp3) is 0.333. The van der Waals surface area contributed by atoms with Crippen molar-refractivity contribution in [2.45, 2.75) is 78.5 Å². The number of nitrogens with one attached hydrogen (secondary N) is 3. The zero-order chi connectivity index (χ0) is 43.0. The molecule has 0 spiro atoms. The number of amides is 2. The quantitative estimate of drug-likeness (QED) is 0.0479. The van der Waals surface area contributed by atoms with Crippen molar-refractivity contribution in [3.05, 3.63) is 102 Å². The summed E-state index contributed by atoms with van der Waals surface area (Å²) in [6, 6.07) is 23.4. The van der Waals surface area contributed by atoms with Crippen LogP contribution in [0.15, 0.2) is 89.6 Å². The monoisotopic (exact) mass is 832 g/mol. The molecule has 3 aromatic heterocycles. The zero-order valence-electron chi connectivity index (χ0n) is 34.8. The number of ether oxygens (including phenoxy) is 1. The van der Waals surface area contributed by atoms with Crippen LogP contribution < -0.4 is 16.0 Å². The highest BCUT2D eigenvalue weighted by Gasteiger charge is 2.40. The molecule has 2 amide bonds. The topological polar surface area (TPSA) is 188 Å². The average molecular weight is 833 g/mol. The molecule has 310 valence electrons. The van der Waals surface area contributed by atoms with Gasteiger partial charge in [-0.05, 0) is 77.1 Å². The molecular formula is C42H46N11O6P. The Hall–Kier alpha value is -6.15. The molecule has 0 aliphatic carbocycles. The van der Waals surface area contributed by atoms with Crippen molar-refractivity contribution < 1.29 is 29.2 Å². The van der Waals surface area contributed by atoms with Gasteiger partial charge in [0.2, 0.25) is 30.2 Å². The van der Waals surface area contributed by atoms with E-state index in [0.29, 0.717) is 40.5 Å². The minimum absolute atomic E-state index is 0.0564. The maximum absolute atomic E-state index is 13.6. The Labute approximate surface area is 350 Å². The fourth-order valence-electron chi connectivity index (χ4n) is 6.67. The lowest BCUT2D eigenvalue weighted by Crippen LogP contribution is -2.35. The van der Waals surface area contributed by atoms with Crippen LogP contribution in [-0.2, 0) is 18.6 Å². The third-order valence-electron chi connectivity index (χ3n) is 9.33. The van der Waals surface area contributed by atoms with Crippen LogP contribution in [0.5, 0.6) is 0 Å². The Morgan fingerprint density at radius 3 is 2.38 bits per heavy atom. The minimum Gasteiger partial charge on any atom is -0.416 e. The molecular weight excluding hydrogens is 786 g/mol. The smallest absolute Gasteiger partial charge is 0.259 e. The molecule has 4 heterocycles. The Bertz CT molecular complexity index is 2490. The SMILES string of the molecule is [2H]C[C@H]1O[C@@H](n2cnc3c(NC(=O)c4ccccc4)nc(Nc4cc(-c5nnc(-c6ccccc6)o5)ccc4NC(C)=O)nc32)C[C@H]1OP(OCC[N+]#[C-])N(C(C)C)C(C)C. The number of rotatable bonds is 16. The third kappa shape index (κ3) is 9.65. The molecule has 60 heavy (non-hydrogen) atoms. The Balaban J connectivity index is 1.25. The van der Waals surface area contributed by atoms with Crippen LogP contribution in [0.2, 0.25) is 0 Å². The van der Waals surface area contributed by atoms with Crippen molar-refractivity contribution >= 4 is 54.6 Å². The van der Waals surface area contributed by atoms with Crippen LogP contribution >= 0.6 is 8.53 Å². The molecule has 0 radical (unpaired) electrons. The molecule has 17 nitrogen and oxygen atoms in total. The van der Waals surface area contributed by atoms with Gasteiger partial charge in [-0.25, -0.2) is 16.2 Å². The molecule has 1 aliphatic heterocycles. The van der Waals surface area contributed by atoms with Crippen LogP contribution in [0.1, 0.15) is 65.9 Å². The molecule has 1 fully saturated rings. The van der Waals surface area contributed by atoms with Gasteiger partial charge in [-0.1, -0.05) is 36.4 Å². The van der Waals surface area contributed by atoms with Crippen molar-refractivity contribution in [3.8, 4) is 22.9 Å². The van der Waals surface area contributed by atoms with E-state index < -0.39 is 32.9 Å². The second kappa shape index (κ2) is 18.8. The summed E-state index contributed by atoms with van der Waals surface area (Å²) in [7, 11) is -1.61. The van der Waals surface area contributed by atoms with Gasteiger partial charge in [0, 0.05) is 43.5 Å². The molecule has 0 saturated carbocycles. The Kier molecular flexibility index (Phi) is 12.8. The summed E-state index contributed by atoms with van der Waals surface area (Å²) >= 11 is 0. The first-order chi connectivity index (χ1) is 29.5. The summed E-state index contributed by atoms with van der Waals surface area (Å²) in [6.45, 7) is 17.2. The van der Waals surface area contributed by atoms with Gasteiger partial charge in [0.15, 0.2) is 17.0 Å². The van der Waals surface area contributed by atoms with E-state index in [1.54, 1.807) is 53.4 Å². The number of carbonyl (C=O) groups excluding carboxylic acids is 2. The zero-order valence-corrected chi connectivity index (χ0v) is 34.7. The molecule has 3 N–H and O–H groups in total. The number of nitrogens with zero attached hydrogens (tertiary/aromatic N) is 8. The van der Waals surface area contributed by atoms with Crippen LogP contribution in [0.3, 0.4) is 0 Å². The molecule has 0 bridgehead atoms. The van der Waals surface area contributed by atoms with Gasteiger partial charge in [0.05, 0.1) is 29.9 Å². The van der Waals surface area contributed by atoms with Gasteiger partial charge < -0.3 is 39.0 Å². The standard InChI is InChI=1S/C42H46N11O6P/c1-25(2)53(26(3)4)60(56-21-20-43-7)59-34-23-35(57-27(34)5)52-24-44-36-37(47-39(55)29-14-10-8-11-15-29)48-42(49-38(36)52)46-33-22-31(18-19-32(33)45-28(6)54)41-51-50-40(58-41)30-16-12-9-13-17-30/h8-19,22,24-27,34-35H,20-21,23H2,1-6H3,(H,45,54)(H2,46,47,48,49,55)/t27-,34-,35-,60?/m1/s1/i5D. The normalized spacial score (nSPS) is 17.2. The van der Waals surface area contributed by atoms with E-state index in [-0.39, 0.29) is 61.2 Å². The first-order valence-corrected chi connectivity index (χ1v) is 20.5. The molecule has 4 atom stereocenters. The van der Waals surface area contributed by atoms with Gasteiger partial charge in [-0.3, -0.25) is 14.2 Å². The van der Waals surface area contributed by atoms with Crippen molar-refractivity contribution in [3.63, 3.8) is 0 Å². The maximum Gasteiger partial charge on any atom is 0.259 e. The summed E-state index contributed by atoms with van der Waals surface area (Å²) in [5.74, 6) is 0.0269. The van der Waals surface area contributed by atoms with Crippen LogP contribution in [-0.4, -0.2) is 83.6 Å². The first-order valence-electron chi connectivity index (χ1n) is 20.1. The molecule has 1 unspecified atom stereocenters. The van der Waals surface area contributed by atoms with Gasteiger partial charge in [-0.15, -0.1) is 10.2 Å². The van der Waals surface area contributed by atoms with Crippen LogP contribution in [0, 0.1) is 6.57 Å². The van der Waals surface area contributed by atoms with E-state index in [1.807, 2.05) is 36.4 Å². The molecule has 3 aromatic carbocycles. The van der Waals surface area contributed by atoms with Gasteiger partial charge in [0.1, 0.15) is 12.8 Å². The third-order valence-corrected chi connectivity index (χ3v) is 11.5. The fourth-order valence-corrected chi connectivity index (χ4v) is 8.42. The van der Waals surface area contributed by atoms with Gasteiger partial charge in [0.25, 0.3) is 14.4 Å². The minimum atomic E-state index is -1.61. The van der Waals surface area contributed by atoms with Crippen molar-refractivity contribution in [1.29, 1.82) is 0 Å². The summed E-state index contributed by atoms with van der Waals surface area (Å²) in [5.41, 5.74) is 3.12. The largest absolute Gasteiger partial charge is 0.416 e. The summed E-state index contributed by atoms with van der Waals surface area (Å²) < 4.78 is 37.6. The van der Waals surface area contributed by atoms with Crippen LogP contribution in [0.4, 0.5) is 23.1 Å². The molecule has 1 saturated heterocycles. The second-order valence-corrected chi connectivity index (χ2v) is 15.8. The summed E-state index contributed by atoms with van der Waals surface area (Å²) in [4.78, 5) is 43.6. The number of anilines is 4. The number of aromatic nitrogens is 6. The number of hydrogen-bond acceptors (Lipinski definition) is 13. The number of imidazole rings is 1. The molecule has 1 aliphatic rings. The number of carbonyl (C=O) groups is 2. The summed E-state index contributed by atoms with van der Waals surface area (Å²) in [6.07, 6.45) is 0.0526. The van der Waals surface area contributed by atoms with Crippen molar-refractivity contribution in [2.75, 3.05) is 29.1 Å². The van der Waals surface area contributed by atoms with Crippen LogP contribution in [0.25, 0.3) is 38.9 Å². The maximum atomic E-state index is 13.6.